The van der Waals surface area contributed by atoms with Crippen molar-refractivity contribution in [2.75, 3.05) is 13.2 Å². The highest BCUT2D eigenvalue weighted by atomic mass is 31.1. The molecule has 0 bridgehead atoms. The smallest absolute Gasteiger partial charge is 0.180 e. The maximum Gasteiger partial charge on any atom is 0.180 e. The minimum absolute atomic E-state index is 0.0464. The van der Waals surface area contributed by atoms with Crippen LogP contribution in [-0.4, -0.2) is 18.3 Å². The second-order valence-corrected chi connectivity index (χ2v) is 1.22. The molecule has 0 amide bonds. The first-order valence-electron chi connectivity index (χ1n) is 1.58. The van der Waals surface area contributed by atoms with Crippen LogP contribution in [0, 0.1) is 0 Å². The van der Waals surface area contributed by atoms with Crippen LogP contribution in [0.15, 0.2) is 0 Å². The van der Waals surface area contributed by atoms with Crippen LogP contribution in [0.25, 0.3) is 0 Å². The second-order valence-electron chi connectivity index (χ2n) is 0.691. The highest BCUT2D eigenvalue weighted by Gasteiger charge is 1.72. The van der Waals surface area contributed by atoms with E-state index < -0.39 is 8.69 Å². The average Bonchev–Trinajstić information content (AvgIpc) is 1.61. The highest BCUT2D eigenvalue weighted by Crippen LogP contribution is 1.89. The van der Waals surface area contributed by atoms with Crippen LogP contribution in [-0.2, 0) is 9.09 Å². The Balaban J connectivity index is 2.49. The van der Waals surface area contributed by atoms with Crippen LogP contribution in [0.3, 0.4) is 0 Å². The largest absolute Gasteiger partial charge is 0.394 e. The van der Waals surface area contributed by atoms with Gasteiger partial charge in [-0.3, -0.25) is 4.57 Å². The van der Waals surface area contributed by atoms with Gasteiger partial charge >= 0.3 is 0 Å². The molecular formula is C2H7O3P. The maximum atomic E-state index is 9.44. The van der Waals surface area contributed by atoms with Crippen LogP contribution in [0.1, 0.15) is 0 Å². The molecule has 0 saturated carbocycles. The number of aliphatic hydroxyl groups excluding tert-OH is 1. The molecule has 1 unspecified atom stereocenters. The zero-order valence-corrected chi connectivity index (χ0v) is 4.41. The molecule has 0 radical (unpaired) electrons. The van der Waals surface area contributed by atoms with Gasteiger partial charge in [-0.1, -0.05) is 0 Å². The molecule has 6 heavy (non-hydrogen) atoms. The van der Waals surface area contributed by atoms with Gasteiger partial charge in [0.05, 0.1) is 13.2 Å². The van der Waals surface area contributed by atoms with Crippen molar-refractivity contribution in [2.24, 2.45) is 0 Å². The number of hydrogen-bond acceptors (Lipinski definition) is 3. The van der Waals surface area contributed by atoms with Gasteiger partial charge in [-0.15, -0.1) is 0 Å². The second kappa shape index (κ2) is 5.15. The van der Waals surface area contributed by atoms with E-state index in [1.54, 1.807) is 0 Å². The summed E-state index contributed by atoms with van der Waals surface area (Å²) in [6.07, 6.45) is 0. The summed E-state index contributed by atoms with van der Waals surface area (Å²) in [5.74, 6) is 0. The number of aliphatic hydroxyl groups is 1. The minimum atomic E-state index is -1.13. The van der Waals surface area contributed by atoms with E-state index in [9.17, 15) is 4.57 Å². The summed E-state index contributed by atoms with van der Waals surface area (Å²) in [6, 6.07) is 0. The van der Waals surface area contributed by atoms with Crippen molar-refractivity contribution >= 4 is 8.69 Å². The normalized spacial score (nSPS) is 10.8. The SMILES string of the molecule is O=[PH2]OCCO. The molecule has 0 aromatic heterocycles. The molecule has 4 heteroatoms. The fourth-order valence-electron chi connectivity index (χ4n) is 0.101. The third kappa shape index (κ3) is 4.15. The fourth-order valence-corrected chi connectivity index (χ4v) is 0.302. The summed E-state index contributed by atoms with van der Waals surface area (Å²) < 4.78 is 13.7. The molecule has 0 aromatic carbocycles. The standard InChI is InChI=1S/C2H7O3P/c3-1-2-5-6-4/h3H,1-2,6H2. The van der Waals surface area contributed by atoms with Gasteiger partial charge in [-0.05, 0) is 0 Å². The maximum absolute atomic E-state index is 9.44. The number of rotatable bonds is 3. The first-order valence-corrected chi connectivity index (χ1v) is 2.52. The van der Waals surface area contributed by atoms with Crippen molar-refractivity contribution in [3.63, 3.8) is 0 Å². The lowest BCUT2D eigenvalue weighted by molar-refractivity contribution is 0.212. The van der Waals surface area contributed by atoms with E-state index in [1.807, 2.05) is 0 Å². The van der Waals surface area contributed by atoms with Gasteiger partial charge < -0.3 is 9.63 Å². The van der Waals surface area contributed by atoms with Gasteiger partial charge in [-0.2, -0.15) is 0 Å². The summed E-state index contributed by atoms with van der Waals surface area (Å²) in [5, 5.41) is 7.95. The van der Waals surface area contributed by atoms with Gasteiger partial charge in [0.2, 0.25) is 0 Å². The topological polar surface area (TPSA) is 46.5 Å². The van der Waals surface area contributed by atoms with Crippen LogP contribution in [0.2, 0.25) is 0 Å². The Bertz CT molecular complexity index is 37.8. The van der Waals surface area contributed by atoms with E-state index >= 15 is 0 Å². The van der Waals surface area contributed by atoms with E-state index in [-0.39, 0.29) is 13.2 Å². The molecule has 0 spiro atoms. The van der Waals surface area contributed by atoms with E-state index in [0.717, 1.165) is 0 Å². The fraction of sp³-hybridized carbons (Fsp3) is 1.00. The van der Waals surface area contributed by atoms with Gasteiger partial charge in [0.25, 0.3) is 0 Å². The first kappa shape index (κ1) is 6.15. The third-order valence-corrected chi connectivity index (χ3v) is 0.649. The highest BCUT2D eigenvalue weighted by molar-refractivity contribution is 7.17. The molecule has 0 rings (SSSR count). The van der Waals surface area contributed by atoms with Crippen molar-refractivity contribution in [2.45, 2.75) is 0 Å². The quantitative estimate of drug-likeness (QED) is 0.399. The Hall–Kier alpha value is 0.150. The molecular weight excluding hydrogens is 103 g/mol. The predicted molar refractivity (Wildman–Crippen MR) is 23.4 cm³/mol. The van der Waals surface area contributed by atoms with E-state index in [4.69, 9.17) is 5.11 Å². The monoisotopic (exact) mass is 110 g/mol. The van der Waals surface area contributed by atoms with Crippen molar-refractivity contribution in [3.05, 3.63) is 0 Å². The van der Waals surface area contributed by atoms with Gasteiger partial charge in [-0.25, -0.2) is 0 Å². The molecule has 0 heterocycles. The summed E-state index contributed by atoms with van der Waals surface area (Å²) in [4.78, 5) is 0. The number of hydrogen-bond donors (Lipinski definition) is 1. The van der Waals surface area contributed by atoms with E-state index in [1.165, 1.54) is 0 Å². The zero-order valence-electron chi connectivity index (χ0n) is 3.26. The Labute approximate surface area is 37.2 Å². The lowest BCUT2D eigenvalue weighted by Crippen LogP contribution is -1.88. The summed E-state index contributed by atoms with van der Waals surface area (Å²) in [7, 11) is -1.13. The molecule has 0 aliphatic heterocycles. The molecule has 3 nitrogen and oxygen atoms in total. The van der Waals surface area contributed by atoms with Crippen LogP contribution in [0.4, 0.5) is 0 Å². The average molecular weight is 110 g/mol. The van der Waals surface area contributed by atoms with Crippen LogP contribution in [0.5, 0.6) is 0 Å². The van der Waals surface area contributed by atoms with Gasteiger partial charge in [0.15, 0.2) is 8.69 Å². The van der Waals surface area contributed by atoms with Crippen molar-refractivity contribution in [1.82, 2.24) is 0 Å². The molecule has 1 N–H and O–H groups in total. The van der Waals surface area contributed by atoms with Crippen molar-refractivity contribution < 1.29 is 14.2 Å². The summed E-state index contributed by atoms with van der Waals surface area (Å²) in [5.41, 5.74) is 0. The lowest BCUT2D eigenvalue weighted by Gasteiger charge is -1.84. The Kier molecular flexibility index (Phi) is 5.28. The molecule has 38 valence electrons. The van der Waals surface area contributed by atoms with Crippen LogP contribution >= 0.6 is 8.69 Å². The van der Waals surface area contributed by atoms with Crippen molar-refractivity contribution in [3.8, 4) is 0 Å². The van der Waals surface area contributed by atoms with Gasteiger partial charge in [0.1, 0.15) is 0 Å². The third-order valence-electron chi connectivity index (χ3n) is 0.277. The summed E-state index contributed by atoms with van der Waals surface area (Å²) >= 11 is 0. The zero-order chi connectivity index (χ0) is 4.83. The molecule has 0 aliphatic carbocycles. The molecule has 0 aromatic rings. The van der Waals surface area contributed by atoms with E-state index in [2.05, 4.69) is 4.52 Å². The first-order chi connectivity index (χ1) is 2.91. The molecule has 0 fully saturated rings. The predicted octanol–water partition coefficient (Wildman–Crippen LogP) is -0.333. The Morgan fingerprint density at radius 1 is 1.83 bits per heavy atom. The molecule has 1 atom stereocenters. The van der Waals surface area contributed by atoms with E-state index in [0.29, 0.717) is 0 Å². The van der Waals surface area contributed by atoms with Gasteiger partial charge in [0, 0.05) is 0 Å². The Morgan fingerprint density at radius 2 is 2.50 bits per heavy atom. The minimum Gasteiger partial charge on any atom is -0.394 e. The lowest BCUT2D eigenvalue weighted by atomic mass is 10.8. The molecule has 0 saturated heterocycles. The van der Waals surface area contributed by atoms with Crippen LogP contribution < -0.4 is 0 Å². The summed E-state index contributed by atoms with van der Waals surface area (Å²) in [6.45, 7) is 0.147. The Morgan fingerprint density at radius 3 is 2.67 bits per heavy atom. The molecule has 0 aliphatic rings. The van der Waals surface area contributed by atoms with Crippen molar-refractivity contribution in [1.29, 1.82) is 0 Å².